The zero-order valence-corrected chi connectivity index (χ0v) is 18.4. The fourth-order valence-corrected chi connectivity index (χ4v) is 6.58. The molecule has 0 unspecified atom stereocenters. The molecule has 0 bridgehead atoms. The van der Waals surface area contributed by atoms with Crippen molar-refractivity contribution in [3.63, 3.8) is 0 Å². The van der Waals surface area contributed by atoms with Crippen LogP contribution in [0.3, 0.4) is 0 Å². The van der Waals surface area contributed by atoms with E-state index in [0.29, 0.717) is 6.54 Å². The summed E-state index contributed by atoms with van der Waals surface area (Å²) in [5, 5.41) is 7.84. The molecule has 1 aromatic heterocycles. The van der Waals surface area contributed by atoms with Crippen molar-refractivity contribution in [1.29, 1.82) is 0 Å². The van der Waals surface area contributed by atoms with Crippen LogP contribution in [-0.4, -0.2) is 9.97 Å². The van der Waals surface area contributed by atoms with Gasteiger partial charge in [0.25, 0.3) is 0 Å². The minimum Gasteiger partial charge on any atom is -0.341 e. The maximum absolute atomic E-state index is 4.70. The fourth-order valence-electron chi connectivity index (χ4n) is 4.02. The quantitative estimate of drug-likeness (QED) is 0.290. The maximum Gasteiger partial charge on any atom is 0.121 e. The molecule has 0 amide bonds. The Morgan fingerprint density at radius 1 is 0.871 bits per heavy atom. The van der Waals surface area contributed by atoms with Crippen LogP contribution < -0.4 is 21.2 Å². The highest BCUT2D eigenvalue weighted by atomic mass is 31.1. The summed E-state index contributed by atoms with van der Waals surface area (Å²) in [6.07, 6.45) is 0. The van der Waals surface area contributed by atoms with E-state index in [1.807, 2.05) is 18.2 Å². The zero-order valence-electron chi connectivity index (χ0n) is 17.5. The number of benzene rings is 3. The molecule has 2 N–H and O–H groups in total. The molecule has 1 heterocycles. The number of aromatic amines is 1. The Hall–Kier alpha value is -3.13. The van der Waals surface area contributed by atoms with Gasteiger partial charge in [0.15, 0.2) is 0 Å². The van der Waals surface area contributed by atoms with Crippen molar-refractivity contribution in [3.05, 3.63) is 115 Å². The molecule has 3 nitrogen and oxygen atoms in total. The summed E-state index contributed by atoms with van der Waals surface area (Å²) < 4.78 is 0. The van der Waals surface area contributed by atoms with Gasteiger partial charge in [-0.1, -0.05) is 79.7 Å². The number of imidazole rings is 1. The molecule has 0 aliphatic heterocycles. The third-order valence-electron chi connectivity index (χ3n) is 5.58. The second-order valence-corrected chi connectivity index (χ2v) is 9.86. The Labute approximate surface area is 184 Å². The first kappa shape index (κ1) is 19.8. The summed E-state index contributed by atoms with van der Waals surface area (Å²) in [5.41, 5.74) is 3.45. The first-order valence-corrected chi connectivity index (χ1v) is 12.0. The van der Waals surface area contributed by atoms with E-state index in [0.717, 1.165) is 16.9 Å². The third-order valence-corrected chi connectivity index (χ3v) is 8.09. The lowest BCUT2D eigenvalue weighted by molar-refractivity contribution is 0.566. The molecule has 0 spiro atoms. The molecule has 4 aromatic carbocycles. The summed E-state index contributed by atoms with van der Waals surface area (Å²) in [6, 6.07) is 36.9. The topological polar surface area (TPSA) is 40.7 Å². The van der Waals surface area contributed by atoms with Gasteiger partial charge in [-0.05, 0) is 36.7 Å². The van der Waals surface area contributed by atoms with E-state index >= 15 is 0 Å². The van der Waals surface area contributed by atoms with E-state index in [1.54, 1.807) is 0 Å². The predicted molar refractivity (Wildman–Crippen MR) is 132 cm³/mol. The molecular weight excluding hydrogens is 397 g/mol. The third kappa shape index (κ3) is 4.20. The number of para-hydroxylation sites is 2. The van der Waals surface area contributed by atoms with Gasteiger partial charge in [0, 0.05) is 0 Å². The Morgan fingerprint density at radius 2 is 1.52 bits per heavy atom. The van der Waals surface area contributed by atoms with Crippen LogP contribution in [0.1, 0.15) is 24.4 Å². The standard InChI is InChI=1S/C27H25N3P/c1-20(28-19-27-29-24-16-8-9-17-25(24)30-27)23-15-10-18-26(23)31(21-11-4-2-5-12-21)22-13-6-3-7-14-22/h2-18,20,28H,19H2,1H3,(H,29,30)/q-1/t20-/m0/s1. The summed E-state index contributed by atoms with van der Waals surface area (Å²) in [7, 11) is -0.607. The van der Waals surface area contributed by atoms with E-state index < -0.39 is 7.92 Å². The van der Waals surface area contributed by atoms with E-state index in [-0.39, 0.29) is 6.04 Å². The highest BCUT2D eigenvalue weighted by Gasteiger charge is 2.17. The van der Waals surface area contributed by atoms with Gasteiger partial charge in [0.05, 0.1) is 17.6 Å². The Balaban J connectivity index is 1.42. The number of nitrogens with one attached hydrogen (secondary N) is 2. The molecule has 5 rings (SSSR count). The van der Waals surface area contributed by atoms with Crippen LogP contribution in [0.15, 0.2) is 103 Å². The van der Waals surface area contributed by atoms with Crippen molar-refractivity contribution in [1.82, 2.24) is 15.3 Å². The van der Waals surface area contributed by atoms with E-state index in [9.17, 15) is 0 Å². The number of hydrogen-bond acceptors (Lipinski definition) is 2. The van der Waals surface area contributed by atoms with Crippen LogP contribution >= 0.6 is 7.92 Å². The summed E-state index contributed by atoms with van der Waals surface area (Å²) >= 11 is 0. The average molecular weight is 422 g/mol. The zero-order chi connectivity index (χ0) is 21.0. The molecule has 31 heavy (non-hydrogen) atoms. The van der Waals surface area contributed by atoms with E-state index in [4.69, 9.17) is 4.98 Å². The second kappa shape index (κ2) is 8.93. The molecule has 0 aliphatic rings. The van der Waals surface area contributed by atoms with Gasteiger partial charge in [-0.3, -0.25) is 0 Å². The number of rotatable bonds is 7. The van der Waals surface area contributed by atoms with Gasteiger partial charge >= 0.3 is 0 Å². The molecule has 154 valence electrons. The highest BCUT2D eigenvalue weighted by molar-refractivity contribution is 7.79. The Morgan fingerprint density at radius 3 is 2.19 bits per heavy atom. The summed E-state index contributed by atoms with van der Waals surface area (Å²) in [4.78, 5) is 8.12. The predicted octanol–water partition coefficient (Wildman–Crippen LogP) is 4.89. The van der Waals surface area contributed by atoms with Crippen molar-refractivity contribution >= 4 is 34.9 Å². The van der Waals surface area contributed by atoms with Gasteiger partial charge in [-0.15, -0.1) is 5.30 Å². The van der Waals surface area contributed by atoms with Crippen LogP contribution in [0, 0.1) is 0 Å². The molecule has 5 aromatic rings. The maximum atomic E-state index is 4.70. The van der Waals surface area contributed by atoms with Crippen molar-refractivity contribution in [2.24, 2.45) is 0 Å². The summed E-state index contributed by atoms with van der Waals surface area (Å²) in [5.74, 6) is 0.967. The lowest BCUT2D eigenvalue weighted by Crippen LogP contribution is -2.26. The molecule has 4 heteroatoms. The highest BCUT2D eigenvalue weighted by Crippen LogP contribution is 2.36. The van der Waals surface area contributed by atoms with Crippen LogP contribution in [0.25, 0.3) is 11.0 Å². The molecule has 1 atom stereocenters. The van der Waals surface area contributed by atoms with Crippen molar-refractivity contribution in [3.8, 4) is 0 Å². The first-order chi connectivity index (χ1) is 15.3. The lowest BCUT2D eigenvalue weighted by Gasteiger charge is -2.28. The second-order valence-electron chi connectivity index (χ2n) is 7.68. The monoisotopic (exact) mass is 422 g/mol. The minimum atomic E-state index is -0.607. The largest absolute Gasteiger partial charge is 0.341 e. The molecule has 0 fully saturated rings. The normalized spacial score (nSPS) is 12.5. The van der Waals surface area contributed by atoms with Crippen LogP contribution in [0.2, 0.25) is 0 Å². The number of aromatic nitrogens is 2. The van der Waals surface area contributed by atoms with Crippen molar-refractivity contribution in [2.45, 2.75) is 19.5 Å². The van der Waals surface area contributed by atoms with Crippen LogP contribution in [0.5, 0.6) is 0 Å². The minimum absolute atomic E-state index is 0.218. The molecular formula is C27H25N3P-. The number of H-pyrrole nitrogens is 1. The number of nitrogens with zero attached hydrogens (tertiary/aromatic N) is 1. The number of fused-ring (bicyclic) bond motifs is 1. The lowest BCUT2D eigenvalue weighted by atomic mass is 10.2. The van der Waals surface area contributed by atoms with Gasteiger partial charge in [-0.2, -0.15) is 17.7 Å². The van der Waals surface area contributed by atoms with Gasteiger partial charge in [0.1, 0.15) is 5.82 Å². The summed E-state index contributed by atoms with van der Waals surface area (Å²) in [6.45, 7) is 2.94. The molecule has 0 saturated heterocycles. The van der Waals surface area contributed by atoms with Gasteiger partial charge < -0.3 is 10.3 Å². The van der Waals surface area contributed by atoms with Crippen LogP contribution in [0.4, 0.5) is 0 Å². The Bertz CT molecular complexity index is 1180. The smallest absolute Gasteiger partial charge is 0.121 e. The molecule has 0 saturated carbocycles. The average Bonchev–Trinajstić information content (AvgIpc) is 3.46. The van der Waals surface area contributed by atoms with Crippen molar-refractivity contribution in [2.75, 3.05) is 0 Å². The van der Waals surface area contributed by atoms with Crippen LogP contribution in [-0.2, 0) is 6.54 Å². The molecule has 0 radical (unpaired) electrons. The molecule has 0 aliphatic carbocycles. The Kier molecular flexibility index (Phi) is 5.71. The fraction of sp³-hybridized carbons (Fsp3) is 0.111. The number of hydrogen-bond donors (Lipinski definition) is 2. The van der Waals surface area contributed by atoms with E-state index in [2.05, 4.69) is 102 Å². The first-order valence-electron chi connectivity index (χ1n) is 10.6. The van der Waals surface area contributed by atoms with Gasteiger partial charge in [0.2, 0.25) is 0 Å². The van der Waals surface area contributed by atoms with E-state index in [1.165, 1.54) is 21.5 Å². The SMILES string of the molecule is C[C@H](NCc1nc2ccccc2[nH]1)c1cc[cH-]c1P(c1ccccc1)c1ccccc1. The van der Waals surface area contributed by atoms with Crippen molar-refractivity contribution < 1.29 is 0 Å². The van der Waals surface area contributed by atoms with Gasteiger partial charge in [-0.25, -0.2) is 11.1 Å².